The molecule has 0 aliphatic heterocycles. The van der Waals surface area contributed by atoms with Crippen LogP contribution in [-0.2, 0) is 7.05 Å². The number of benzene rings is 1. The van der Waals surface area contributed by atoms with Gasteiger partial charge in [0, 0.05) is 30.9 Å². The van der Waals surface area contributed by atoms with E-state index in [2.05, 4.69) is 29.3 Å². The van der Waals surface area contributed by atoms with Gasteiger partial charge in [-0.05, 0) is 41.8 Å². The van der Waals surface area contributed by atoms with Crippen LogP contribution in [0.15, 0.2) is 65.7 Å². The van der Waals surface area contributed by atoms with E-state index in [9.17, 15) is 4.79 Å². The summed E-state index contributed by atoms with van der Waals surface area (Å²) in [4.78, 5) is 12.0. The van der Waals surface area contributed by atoms with Crippen LogP contribution in [-0.4, -0.2) is 19.2 Å². The molecule has 0 fully saturated rings. The van der Waals surface area contributed by atoms with E-state index in [0.717, 1.165) is 28.2 Å². The number of rotatable bonds is 3. The Morgan fingerprint density at radius 3 is 2.46 bits per heavy atom. The van der Waals surface area contributed by atoms with E-state index in [1.54, 1.807) is 11.6 Å². The molecule has 0 amide bonds. The summed E-state index contributed by atoms with van der Waals surface area (Å²) < 4.78 is 3.65. The highest BCUT2D eigenvalue weighted by Crippen LogP contribution is 2.25. The molecule has 0 saturated carbocycles. The van der Waals surface area contributed by atoms with Crippen LogP contribution in [0.5, 0.6) is 0 Å². The van der Waals surface area contributed by atoms with Crippen molar-refractivity contribution in [2.45, 2.75) is 19.8 Å². The fourth-order valence-corrected chi connectivity index (χ4v) is 3.30. The average molecular weight is 344 g/mol. The number of hydrogen-bond donors (Lipinski definition) is 0. The number of fused-ring (bicyclic) bond motifs is 1. The summed E-state index contributed by atoms with van der Waals surface area (Å²) in [6.45, 7) is 3.97. The molecule has 0 N–H and O–H groups in total. The Morgan fingerprint density at radius 2 is 1.73 bits per heavy atom. The number of nitrogens with zero attached hydrogens (tertiary/aromatic N) is 4. The van der Waals surface area contributed by atoms with Crippen LogP contribution in [0.2, 0.25) is 0 Å². The second kappa shape index (κ2) is 6.26. The maximum Gasteiger partial charge on any atom is 0.253 e. The summed E-state index contributed by atoms with van der Waals surface area (Å²) in [6, 6.07) is 16.2. The van der Waals surface area contributed by atoms with E-state index in [4.69, 9.17) is 0 Å². The minimum Gasteiger partial charge on any atom is -0.318 e. The first-order valence-corrected chi connectivity index (χ1v) is 8.62. The molecule has 0 radical (unpaired) electrons. The summed E-state index contributed by atoms with van der Waals surface area (Å²) in [7, 11) is 1.78. The second-order valence-electron chi connectivity index (χ2n) is 6.66. The first kappa shape index (κ1) is 16.3. The number of aromatic nitrogens is 4. The lowest BCUT2D eigenvalue weighted by Crippen LogP contribution is -2.18. The lowest BCUT2D eigenvalue weighted by molar-refractivity contribution is 0.798. The molecule has 0 spiro atoms. The van der Waals surface area contributed by atoms with Crippen molar-refractivity contribution in [3.63, 3.8) is 0 Å². The lowest BCUT2D eigenvalue weighted by Gasteiger charge is -2.11. The normalized spacial score (nSPS) is 12.4. The smallest absolute Gasteiger partial charge is 0.253 e. The number of pyridine rings is 2. The van der Waals surface area contributed by atoms with Crippen molar-refractivity contribution in [1.82, 2.24) is 19.2 Å². The fourth-order valence-electron chi connectivity index (χ4n) is 3.30. The maximum atomic E-state index is 12.0. The summed E-state index contributed by atoms with van der Waals surface area (Å²) in [5, 5.41) is 8.72. The Labute approximate surface area is 151 Å². The highest BCUT2D eigenvalue weighted by atomic mass is 16.1. The van der Waals surface area contributed by atoms with Crippen LogP contribution < -0.4 is 5.56 Å². The van der Waals surface area contributed by atoms with E-state index in [1.165, 1.54) is 5.56 Å². The minimum absolute atomic E-state index is 0.0255. The second-order valence-corrected chi connectivity index (χ2v) is 6.66. The molecule has 3 aromatic heterocycles. The number of aryl methyl sites for hydroxylation is 2. The molecule has 130 valence electrons. The third kappa shape index (κ3) is 2.71. The zero-order chi connectivity index (χ0) is 18.3. The monoisotopic (exact) mass is 344 g/mol. The van der Waals surface area contributed by atoms with Crippen LogP contribution in [0.1, 0.15) is 29.8 Å². The van der Waals surface area contributed by atoms with Gasteiger partial charge >= 0.3 is 0 Å². The van der Waals surface area contributed by atoms with Crippen LogP contribution >= 0.6 is 0 Å². The first-order valence-electron chi connectivity index (χ1n) is 8.62. The van der Waals surface area contributed by atoms with Crippen molar-refractivity contribution in [2.75, 3.05) is 0 Å². The van der Waals surface area contributed by atoms with Gasteiger partial charge in [-0.1, -0.05) is 37.3 Å². The zero-order valence-corrected chi connectivity index (χ0v) is 15.0. The summed E-state index contributed by atoms with van der Waals surface area (Å²) >= 11 is 0. The molecular formula is C21H20N4O. The SMILES string of the molecule is Cc1cc(-c2ccc3nnc([C@H](C)c4ccccc4)n3c2)cn(C)c1=O. The van der Waals surface area contributed by atoms with Gasteiger partial charge in [-0.3, -0.25) is 9.20 Å². The van der Waals surface area contributed by atoms with Crippen LogP contribution in [0.4, 0.5) is 0 Å². The molecule has 0 saturated heterocycles. The van der Waals surface area contributed by atoms with Gasteiger partial charge in [-0.2, -0.15) is 0 Å². The highest BCUT2D eigenvalue weighted by molar-refractivity contribution is 5.64. The Hall–Kier alpha value is -3.21. The van der Waals surface area contributed by atoms with Crippen LogP contribution in [0.25, 0.3) is 16.8 Å². The summed E-state index contributed by atoms with van der Waals surface area (Å²) in [5.41, 5.74) is 4.79. The van der Waals surface area contributed by atoms with E-state index in [1.807, 2.05) is 60.1 Å². The molecule has 4 aromatic rings. The van der Waals surface area contributed by atoms with Crippen molar-refractivity contribution < 1.29 is 0 Å². The molecule has 0 unspecified atom stereocenters. The van der Waals surface area contributed by atoms with E-state index >= 15 is 0 Å². The summed E-state index contributed by atoms with van der Waals surface area (Å²) in [6.07, 6.45) is 3.91. The van der Waals surface area contributed by atoms with E-state index in [-0.39, 0.29) is 11.5 Å². The van der Waals surface area contributed by atoms with Gasteiger partial charge in [0.1, 0.15) is 5.82 Å². The van der Waals surface area contributed by atoms with Gasteiger partial charge in [-0.25, -0.2) is 0 Å². The molecule has 4 rings (SSSR count). The molecule has 5 nitrogen and oxygen atoms in total. The van der Waals surface area contributed by atoms with Gasteiger partial charge in [-0.15, -0.1) is 10.2 Å². The Kier molecular flexibility index (Phi) is 3.92. The molecule has 26 heavy (non-hydrogen) atoms. The van der Waals surface area contributed by atoms with Crippen molar-refractivity contribution in [2.24, 2.45) is 7.05 Å². The molecule has 1 aromatic carbocycles. The average Bonchev–Trinajstić information content (AvgIpc) is 3.09. The summed E-state index contributed by atoms with van der Waals surface area (Å²) in [5.74, 6) is 1.03. The van der Waals surface area contributed by atoms with Gasteiger partial charge in [0.2, 0.25) is 0 Å². The van der Waals surface area contributed by atoms with Gasteiger partial charge in [0.05, 0.1) is 0 Å². The topological polar surface area (TPSA) is 52.2 Å². The molecule has 1 atom stereocenters. The van der Waals surface area contributed by atoms with Crippen molar-refractivity contribution in [1.29, 1.82) is 0 Å². The molecule has 0 aliphatic rings. The maximum absolute atomic E-state index is 12.0. The Morgan fingerprint density at radius 1 is 0.962 bits per heavy atom. The third-order valence-corrected chi connectivity index (χ3v) is 4.81. The van der Waals surface area contributed by atoms with Gasteiger partial charge < -0.3 is 4.57 Å². The molecule has 3 heterocycles. The predicted molar refractivity (Wildman–Crippen MR) is 102 cm³/mol. The molecule has 5 heteroatoms. The van der Waals surface area contributed by atoms with Gasteiger partial charge in [0.15, 0.2) is 5.65 Å². The largest absolute Gasteiger partial charge is 0.318 e. The quantitative estimate of drug-likeness (QED) is 0.571. The van der Waals surface area contributed by atoms with Crippen molar-refractivity contribution in [3.8, 4) is 11.1 Å². The predicted octanol–water partition coefficient (Wildman–Crippen LogP) is 3.56. The fraction of sp³-hybridized carbons (Fsp3) is 0.190. The van der Waals surface area contributed by atoms with E-state index in [0.29, 0.717) is 0 Å². The van der Waals surface area contributed by atoms with E-state index < -0.39 is 0 Å². The lowest BCUT2D eigenvalue weighted by atomic mass is 10.0. The Balaban J connectivity index is 1.84. The minimum atomic E-state index is 0.0255. The van der Waals surface area contributed by atoms with Crippen LogP contribution in [0.3, 0.4) is 0 Å². The Bertz CT molecular complexity index is 1120. The molecular weight excluding hydrogens is 324 g/mol. The standard InChI is InChI=1S/C21H20N4O/c1-14-11-18(12-24(3)21(14)26)17-9-10-19-22-23-20(25(19)13-17)15(2)16-7-5-4-6-8-16/h4-13,15H,1-3H3/t15-/m1/s1. The molecule has 0 aliphatic carbocycles. The molecule has 0 bridgehead atoms. The van der Waals surface area contributed by atoms with Gasteiger partial charge in [0.25, 0.3) is 5.56 Å². The number of hydrogen-bond acceptors (Lipinski definition) is 3. The van der Waals surface area contributed by atoms with Crippen molar-refractivity contribution in [3.05, 3.63) is 88.2 Å². The zero-order valence-electron chi connectivity index (χ0n) is 15.0. The highest BCUT2D eigenvalue weighted by Gasteiger charge is 2.16. The van der Waals surface area contributed by atoms with Crippen molar-refractivity contribution >= 4 is 5.65 Å². The first-order chi connectivity index (χ1) is 12.5. The van der Waals surface area contributed by atoms with Crippen LogP contribution in [0, 0.1) is 6.92 Å². The third-order valence-electron chi connectivity index (χ3n) is 4.81.